The first-order chi connectivity index (χ1) is 19.8. The number of hydrogen-bond acceptors (Lipinski definition) is 2. The van der Waals surface area contributed by atoms with E-state index in [1.807, 2.05) is 30.5 Å². The van der Waals surface area contributed by atoms with Crippen LogP contribution in [-0.2, 0) is 6.42 Å². The van der Waals surface area contributed by atoms with Gasteiger partial charge in [0, 0.05) is 22.4 Å². The maximum atomic E-state index is 5.15. The van der Waals surface area contributed by atoms with Gasteiger partial charge in [0.1, 0.15) is 5.82 Å². The summed E-state index contributed by atoms with van der Waals surface area (Å²) in [5.41, 5.74) is 6.72. The molecule has 0 fully saturated rings. The van der Waals surface area contributed by atoms with Crippen LogP contribution in [-0.4, -0.2) is 14.5 Å². The van der Waals surface area contributed by atoms with Gasteiger partial charge in [-0.2, -0.15) is 0 Å². The second kappa shape index (κ2) is 9.18. The largest absolute Gasteiger partial charge is 0.293 e. The van der Waals surface area contributed by atoms with Crippen LogP contribution in [0.2, 0.25) is 0 Å². The number of fused-ring (bicyclic) bond motifs is 7. The molecule has 0 spiro atoms. The molecule has 5 aromatic carbocycles. The maximum absolute atomic E-state index is 5.15. The van der Waals surface area contributed by atoms with Crippen LogP contribution in [0.15, 0.2) is 140 Å². The fourth-order valence-corrected chi connectivity index (χ4v) is 6.13. The molecule has 8 aromatic rings. The molecule has 0 bridgehead atoms. The summed E-state index contributed by atoms with van der Waals surface area (Å²) in [4.78, 5) is 9.71. The Kier molecular flexibility index (Phi) is 5.20. The third kappa shape index (κ3) is 3.59. The van der Waals surface area contributed by atoms with E-state index in [4.69, 9.17) is 4.98 Å². The summed E-state index contributed by atoms with van der Waals surface area (Å²) in [6.45, 7) is 0. The highest BCUT2D eigenvalue weighted by atomic mass is 15.1. The number of nitrogens with zero attached hydrogens (tertiary/aromatic N) is 3. The van der Waals surface area contributed by atoms with Crippen LogP contribution in [0, 0.1) is 0 Å². The minimum Gasteiger partial charge on any atom is -0.293 e. The minimum absolute atomic E-state index is 0.860. The second-order valence-corrected chi connectivity index (χ2v) is 10.3. The van der Waals surface area contributed by atoms with Crippen molar-refractivity contribution >= 4 is 43.4 Å². The smallest absolute Gasteiger partial charge is 0.138 e. The number of pyridine rings is 2. The number of para-hydroxylation sites is 1. The first-order valence-electron chi connectivity index (χ1n) is 13.6. The highest BCUT2D eigenvalue weighted by Gasteiger charge is 2.18. The Labute approximate surface area is 232 Å². The molecule has 0 aliphatic carbocycles. The second-order valence-electron chi connectivity index (χ2n) is 10.3. The molecule has 0 saturated carbocycles. The van der Waals surface area contributed by atoms with Gasteiger partial charge in [-0.15, -0.1) is 0 Å². The van der Waals surface area contributed by atoms with E-state index >= 15 is 0 Å². The molecule has 40 heavy (non-hydrogen) atoms. The van der Waals surface area contributed by atoms with Gasteiger partial charge in [0.25, 0.3) is 0 Å². The van der Waals surface area contributed by atoms with Gasteiger partial charge in [0.05, 0.1) is 22.4 Å². The molecule has 0 aliphatic rings. The van der Waals surface area contributed by atoms with E-state index in [1.54, 1.807) is 0 Å². The molecular formula is C37H25N3. The van der Waals surface area contributed by atoms with Crippen molar-refractivity contribution < 1.29 is 0 Å². The first-order valence-corrected chi connectivity index (χ1v) is 13.6. The Balaban J connectivity index is 1.47. The van der Waals surface area contributed by atoms with E-state index in [9.17, 15) is 0 Å². The predicted octanol–water partition coefficient (Wildman–Crippen LogP) is 9.14. The summed E-state index contributed by atoms with van der Waals surface area (Å²) >= 11 is 0. The minimum atomic E-state index is 0.860. The van der Waals surface area contributed by atoms with Gasteiger partial charge in [0.2, 0.25) is 0 Å². The van der Waals surface area contributed by atoms with E-state index < -0.39 is 0 Å². The van der Waals surface area contributed by atoms with E-state index in [2.05, 4.69) is 119 Å². The van der Waals surface area contributed by atoms with E-state index in [1.165, 1.54) is 49.0 Å². The molecule has 0 radical (unpaired) electrons. The van der Waals surface area contributed by atoms with Crippen molar-refractivity contribution in [1.29, 1.82) is 0 Å². The molecule has 3 heterocycles. The van der Waals surface area contributed by atoms with Crippen molar-refractivity contribution in [1.82, 2.24) is 14.5 Å². The van der Waals surface area contributed by atoms with Crippen molar-refractivity contribution in [3.63, 3.8) is 0 Å². The number of aromatic nitrogens is 3. The van der Waals surface area contributed by atoms with Crippen LogP contribution in [0.3, 0.4) is 0 Å². The van der Waals surface area contributed by atoms with Crippen molar-refractivity contribution in [2.75, 3.05) is 0 Å². The van der Waals surface area contributed by atoms with Crippen LogP contribution in [0.1, 0.15) is 11.1 Å². The van der Waals surface area contributed by atoms with E-state index in [-0.39, 0.29) is 0 Å². The van der Waals surface area contributed by atoms with E-state index in [0.717, 1.165) is 29.1 Å². The average Bonchev–Trinajstić information content (AvgIpc) is 3.36. The van der Waals surface area contributed by atoms with Gasteiger partial charge < -0.3 is 0 Å². The molecular weight excluding hydrogens is 486 g/mol. The quantitative estimate of drug-likeness (QED) is 0.221. The van der Waals surface area contributed by atoms with Crippen molar-refractivity contribution in [2.45, 2.75) is 6.42 Å². The van der Waals surface area contributed by atoms with Gasteiger partial charge in [-0.1, -0.05) is 103 Å². The van der Waals surface area contributed by atoms with Crippen LogP contribution < -0.4 is 0 Å². The highest BCUT2D eigenvalue weighted by Crippen LogP contribution is 2.40. The summed E-state index contributed by atoms with van der Waals surface area (Å²) in [6, 6.07) is 47.3. The molecule has 3 heteroatoms. The van der Waals surface area contributed by atoms with Crippen molar-refractivity contribution in [3.05, 3.63) is 151 Å². The van der Waals surface area contributed by atoms with Gasteiger partial charge in [-0.05, 0) is 64.0 Å². The molecule has 0 aliphatic heterocycles. The summed E-state index contributed by atoms with van der Waals surface area (Å²) in [5, 5.41) is 7.50. The maximum Gasteiger partial charge on any atom is 0.138 e. The lowest BCUT2D eigenvalue weighted by Gasteiger charge is -2.14. The Morgan fingerprint density at radius 3 is 2.15 bits per heavy atom. The average molecular weight is 512 g/mol. The molecule has 0 N–H and O–H groups in total. The van der Waals surface area contributed by atoms with Crippen molar-refractivity contribution in [3.8, 4) is 17.2 Å². The summed E-state index contributed by atoms with van der Waals surface area (Å²) < 4.78 is 2.34. The molecule has 3 aromatic heterocycles. The fraction of sp³-hybridized carbons (Fsp3) is 0.0270. The summed E-state index contributed by atoms with van der Waals surface area (Å²) in [5.74, 6) is 0.888. The molecule has 0 atom stereocenters. The zero-order valence-corrected chi connectivity index (χ0v) is 21.8. The molecule has 3 nitrogen and oxygen atoms in total. The lowest BCUT2D eigenvalue weighted by Crippen LogP contribution is -2.00. The van der Waals surface area contributed by atoms with Gasteiger partial charge in [-0.25, -0.2) is 4.98 Å². The molecule has 0 unspecified atom stereocenters. The normalized spacial score (nSPS) is 11.6. The third-order valence-electron chi connectivity index (χ3n) is 7.87. The molecule has 0 amide bonds. The molecule has 0 saturated heterocycles. The van der Waals surface area contributed by atoms with Crippen LogP contribution in [0.25, 0.3) is 60.6 Å². The lowest BCUT2D eigenvalue weighted by molar-refractivity contribution is 1.08. The fourth-order valence-electron chi connectivity index (χ4n) is 6.13. The number of hydrogen-bond donors (Lipinski definition) is 0. The Morgan fingerprint density at radius 2 is 1.30 bits per heavy atom. The molecule has 188 valence electrons. The van der Waals surface area contributed by atoms with Crippen LogP contribution in [0.5, 0.6) is 0 Å². The zero-order chi connectivity index (χ0) is 26.5. The Hall–Kier alpha value is -5.28. The SMILES string of the molecule is c1ccc(Cc2cc3ccc4c5ccccc5n(-c5cccc(-c6ccccn6)n5)c4c3c3ccccc23)cc1. The van der Waals surface area contributed by atoms with Crippen LogP contribution >= 0.6 is 0 Å². The highest BCUT2D eigenvalue weighted by molar-refractivity contribution is 6.25. The Bertz CT molecular complexity index is 2180. The zero-order valence-electron chi connectivity index (χ0n) is 21.8. The molecule has 8 rings (SSSR count). The Morgan fingerprint density at radius 1 is 0.550 bits per heavy atom. The van der Waals surface area contributed by atoms with Gasteiger partial charge >= 0.3 is 0 Å². The van der Waals surface area contributed by atoms with E-state index in [0.29, 0.717) is 0 Å². The van der Waals surface area contributed by atoms with Gasteiger partial charge in [0.15, 0.2) is 0 Å². The predicted molar refractivity (Wildman–Crippen MR) is 166 cm³/mol. The standard InChI is InChI=1S/C37H25N3/c1-2-11-25(12-3-1)23-27-24-26-20-21-31-29-14-6-7-18-34(29)40(37(31)36(26)30-15-5-4-13-28(27)30)35-19-10-17-33(39-35)32-16-8-9-22-38-32/h1-22,24H,23H2. The number of rotatable bonds is 4. The third-order valence-corrected chi connectivity index (χ3v) is 7.87. The number of benzene rings is 5. The topological polar surface area (TPSA) is 30.7 Å². The summed E-state index contributed by atoms with van der Waals surface area (Å²) in [6.07, 6.45) is 2.71. The first kappa shape index (κ1) is 22.7. The lowest BCUT2D eigenvalue weighted by atomic mass is 9.92. The van der Waals surface area contributed by atoms with Gasteiger partial charge in [-0.3, -0.25) is 9.55 Å². The monoisotopic (exact) mass is 511 g/mol. The van der Waals surface area contributed by atoms with Crippen LogP contribution in [0.4, 0.5) is 0 Å². The summed E-state index contributed by atoms with van der Waals surface area (Å²) in [7, 11) is 0. The van der Waals surface area contributed by atoms with Crippen molar-refractivity contribution in [2.24, 2.45) is 0 Å².